The Hall–Kier alpha value is -2.62. The number of pyridine rings is 1. The number of aromatic nitrogens is 1. The molecule has 0 aliphatic heterocycles. The summed E-state index contributed by atoms with van der Waals surface area (Å²) in [7, 11) is 0. The van der Waals surface area contributed by atoms with Crippen LogP contribution < -0.4 is 10.1 Å². The lowest BCUT2D eigenvalue weighted by molar-refractivity contribution is -0.116. The largest absolute Gasteiger partial charge is 0.492 e. The number of carbonyl (C=O) groups is 1. The van der Waals surface area contributed by atoms with Crippen LogP contribution in [0, 0.1) is 0 Å². The molecule has 2 aromatic rings. The van der Waals surface area contributed by atoms with Crippen molar-refractivity contribution in [3.8, 4) is 17.0 Å². The van der Waals surface area contributed by atoms with Gasteiger partial charge < -0.3 is 10.1 Å². The van der Waals surface area contributed by atoms with Gasteiger partial charge in [0.25, 0.3) is 0 Å². The highest BCUT2D eigenvalue weighted by molar-refractivity contribution is 5.86. The fourth-order valence-electron chi connectivity index (χ4n) is 2.46. The van der Waals surface area contributed by atoms with E-state index >= 15 is 0 Å². The Kier molecular flexibility index (Phi) is 7.70. The summed E-state index contributed by atoms with van der Waals surface area (Å²) in [6.45, 7) is 6.49. The molecule has 0 bridgehead atoms. The van der Waals surface area contributed by atoms with Crippen molar-refractivity contribution in [1.29, 1.82) is 0 Å². The first-order valence-electron chi connectivity index (χ1n) is 8.81. The summed E-state index contributed by atoms with van der Waals surface area (Å²) < 4.78 is 5.60. The lowest BCUT2D eigenvalue weighted by Gasteiger charge is -2.08. The standard InChI is InChI=1S/C21H26N2O2/c1-3-5-6-7-17-8-13-20(23-16-17)18-9-11-19(12-10-18)25-15-14-22-21(24)4-2/h4,8-13,16H,2-3,5-7,14-15H2,1H3,(H,22,24). The molecular weight excluding hydrogens is 312 g/mol. The summed E-state index contributed by atoms with van der Waals surface area (Å²) in [5, 5.41) is 2.67. The highest BCUT2D eigenvalue weighted by Crippen LogP contribution is 2.21. The van der Waals surface area contributed by atoms with E-state index in [1.807, 2.05) is 30.5 Å². The van der Waals surface area contributed by atoms with Crippen molar-refractivity contribution in [2.75, 3.05) is 13.2 Å². The predicted octanol–water partition coefficient (Wildman–Crippen LogP) is 4.16. The topological polar surface area (TPSA) is 51.2 Å². The van der Waals surface area contributed by atoms with Crippen molar-refractivity contribution in [3.63, 3.8) is 0 Å². The zero-order valence-electron chi connectivity index (χ0n) is 14.8. The molecule has 0 spiro atoms. The summed E-state index contributed by atoms with van der Waals surface area (Å²) in [5.41, 5.74) is 3.31. The summed E-state index contributed by atoms with van der Waals surface area (Å²) in [5.74, 6) is 0.580. The zero-order valence-corrected chi connectivity index (χ0v) is 14.8. The fourth-order valence-corrected chi connectivity index (χ4v) is 2.46. The second kappa shape index (κ2) is 10.3. The second-order valence-corrected chi connectivity index (χ2v) is 5.88. The van der Waals surface area contributed by atoms with Gasteiger partial charge in [-0.3, -0.25) is 9.78 Å². The molecule has 1 heterocycles. The minimum Gasteiger partial charge on any atom is -0.492 e. The fraction of sp³-hybridized carbons (Fsp3) is 0.333. The molecular formula is C21H26N2O2. The lowest BCUT2D eigenvalue weighted by atomic mass is 10.1. The number of hydrogen-bond acceptors (Lipinski definition) is 3. The molecule has 4 heteroatoms. The van der Waals surface area contributed by atoms with E-state index in [-0.39, 0.29) is 5.91 Å². The maximum atomic E-state index is 11.0. The Balaban J connectivity index is 1.84. The van der Waals surface area contributed by atoms with Crippen LogP contribution in [0.25, 0.3) is 11.3 Å². The minimum absolute atomic E-state index is 0.192. The van der Waals surface area contributed by atoms with Gasteiger partial charge >= 0.3 is 0 Å². The number of nitrogens with zero attached hydrogens (tertiary/aromatic N) is 1. The van der Waals surface area contributed by atoms with Gasteiger partial charge in [0.05, 0.1) is 12.2 Å². The van der Waals surface area contributed by atoms with Crippen LogP contribution in [0.4, 0.5) is 0 Å². The molecule has 0 fully saturated rings. The van der Waals surface area contributed by atoms with Crippen molar-refractivity contribution in [1.82, 2.24) is 10.3 Å². The smallest absolute Gasteiger partial charge is 0.243 e. The van der Waals surface area contributed by atoms with E-state index in [9.17, 15) is 4.79 Å². The molecule has 0 aliphatic rings. The third kappa shape index (κ3) is 6.42. The molecule has 25 heavy (non-hydrogen) atoms. The number of rotatable bonds is 10. The van der Waals surface area contributed by atoms with Crippen LogP contribution >= 0.6 is 0 Å². The number of unbranched alkanes of at least 4 members (excludes halogenated alkanes) is 2. The van der Waals surface area contributed by atoms with E-state index in [2.05, 4.69) is 35.9 Å². The van der Waals surface area contributed by atoms with Crippen LogP contribution in [0.2, 0.25) is 0 Å². The molecule has 0 unspecified atom stereocenters. The van der Waals surface area contributed by atoms with Gasteiger partial charge in [-0.15, -0.1) is 0 Å². The molecule has 132 valence electrons. The first-order valence-corrected chi connectivity index (χ1v) is 8.81. The first kappa shape index (κ1) is 18.7. The summed E-state index contributed by atoms with van der Waals surface area (Å²) in [4.78, 5) is 15.6. The van der Waals surface area contributed by atoms with Crippen LogP contribution in [0.3, 0.4) is 0 Å². The van der Waals surface area contributed by atoms with Crippen molar-refractivity contribution in [2.45, 2.75) is 32.6 Å². The van der Waals surface area contributed by atoms with Gasteiger partial charge in [0.2, 0.25) is 5.91 Å². The number of ether oxygens (including phenoxy) is 1. The number of hydrogen-bond donors (Lipinski definition) is 1. The number of aryl methyl sites for hydroxylation is 1. The monoisotopic (exact) mass is 338 g/mol. The molecule has 0 aliphatic carbocycles. The third-order valence-corrected chi connectivity index (χ3v) is 3.90. The van der Waals surface area contributed by atoms with Crippen LogP contribution in [0.5, 0.6) is 5.75 Å². The first-order chi connectivity index (χ1) is 12.2. The Morgan fingerprint density at radius 1 is 1.20 bits per heavy atom. The van der Waals surface area contributed by atoms with Gasteiger partial charge in [0, 0.05) is 11.8 Å². The molecule has 4 nitrogen and oxygen atoms in total. The Morgan fingerprint density at radius 3 is 2.64 bits per heavy atom. The number of benzene rings is 1. The summed E-state index contributed by atoms with van der Waals surface area (Å²) in [6, 6.07) is 12.1. The maximum Gasteiger partial charge on any atom is 0.243 e. The quantitative estimate of drug-likeness (QED) is 0.523. The van der Waals surface area contributed by atoms with Gasteiger partial charge in [-0.25, -0.2) is 0 Å². The van der Waals surface area contributed by atoms with Crippen LogP contribution in [-0.2, 0) is 11.2 Å². The Labute approximate surface area is 149 Å². The van der Waals surface area contributed by atoms with Crippen LogP contribution in [-0.4, -0.2) is 24.0 Å². The molecule has 2 rings (SSSR count). The average molecular weight is 338 g/mol. The molecule has 0 saturated heterocycles. The molecule has 0 atom stereocenters. The van der Waals surface area contributed by atoms with Gasteiger partial charge in [0.15, 0.2) is 0 Å². The van der Waals surface area contributed by atoms with E-state index in [1.165, 1.54) is 30.9 Å². The highest BCUT2D eigenvalue weighted by Gasteiger charge is 2.02. The molecule has 1 aromatic carbocycles. The van der Waals surface area contributed by atoms with Crippen LogP contribution in [0.1, 0.15) is 31.7 Å². The normalized spacial score (nSPS) is 10.3. The van der Waals surface area contributed by atoms with Crippen molar-refractivity contribution in [2.24, 2.45) is 0 Å². The second-order valence-electron chi connectivity index (χ2n) is 5.88. The van der Waals surface area contributed by atoms with E-state index in [0.717, 1.165) is 23.4 Å². The van der Waals surface area contributed by atoms with Gasteiger partial charge in [-0.2, -0.15) is 0 Å². The molecule has 1 aromatic heterocycles. The molecule has 1 amide bonds. The predicted molar refractivity (Wildman–Crippen MR) is 102 cm³/mol. The zero-order chi connectivity index (χ0) is 17.9. The lowest BCUT2D eigenvalue weighted by Crippen LogP contribution is -2.26. The van der Waals surface area contributed by atoms with Crippen molar-refractivity contribution >= 4 is 5.91 Å². The third-order valence-electron chi connectivity index (χ3n) is 3.90. The van der Waals surface area contributed by atoms with Gasteiger partial charge in [-0.05, 0) is 54.8 Å². The minimum atomic E-state index is -0.192. The van der Waals surface area contributed by atoms with Crippen molar-refractivity contribution < 1.29 is 9.53 Å². The summed E-state index contributed by atoms with van der Waals surface area (Å²) >= 11 is 0. The van der Waals surface area contributed by atoms with E-state index in [0.29, 0.717) is 13.2 Å². The van der Waals surface area contributed by atoms with E-state index in [4.69, 9.17) is 4.74 Å². The van der Waals surface area contributed by atoms with Gasteiger partial charge in [-0.1, -0.05) is 32.4 Å². The maximum absolute atomic E-state index is 11.0. The highest BCUT2D eigenvalue weighted by atomic mass is 16.5. The number of amides is 1. The molecule has 1 N–H and O–H groups in total. The van der Waals surface area contributed by atoms with Crippen molar-refractivity contribution in [3.05, 3.63) is 60.8 Å². The molecule has 0 radical (unpaired) electrons. The average Bonchev–Trinajstić information content (AvgIpc) is 2.66. The van der Waals surface area contributed by atoms with Gasteiger partial charge in [0.1, 0.15) is 12.4 Å². The molecule has 0 saturated carbocycles. The summed E-state index contributed by atoms with van der Waals surface area (Å²) in [6.07, 6.45) is 8.03. The Morgan fingerprint density at radius 2 is 2.00 bits per heavy atom. The number of nitrogens with one attached hydrogen (secondary N) is 1. The SMILES string of the molecule is C=CC(=O)NCCOc1ccc(-c2ccc(CCCCC)cn2)cc1. The Bertz CT molecular complexity index is 663. The van der Waals surface area contributed by atoms with E-state index in [1.54, 1.807) is 0 Å². The number of carbonyl (C=O) groups excluding carboxylic acids is 1. The van der Waals surface area contributed by atoms with E-state index < -0.39 is 0 Å². The van der Waals surface area contributed by atoms with Crippen LogP contribution in [0.15, 0.2) is 55.3 Å².